The molecular formula is C24H36N2O5. The highest BCUT2D eigenvalue weighted by Crippen LogP contribution is 2.23. The van der Waals surface area contributed by atoms with Crippen molar-refractivity contribution in [1.82, 2.24) is 10.8 Å². The molecule has 0 saturated heterocycles. The quantitative estimate of drug-likeness (QED) is 0.362. The van der Waals surface area contributed by atoms with Gasteiger partial charge in [0.25, 0.3) is 5.91 Å². The van der Waals surface area contributed by atoms with Gasteiger partial charge in [0, 0.05) is 11.1 Å². The number of hydrogen-bond acceptors (Lipinski definition) is 4. The lowest BCUT2D eigenvalue weighted by Gasteiger charge is -2.28. The fraction of sp³-hybridized carbons (Fsp3) is 0.542. The highest BCUT2D eigenvalue weighted by molar-refractivity contribution is 6.05. The Bertz CT molecular complexity index is 779. The predicted molar refractivity (Wildman–Crippen MR) is 120 cm³/mol. The van der Waals surface area contributed by atoms with Gasteiger partial charge in [-0.15, -0.1) is 0 Å². The standard InChI is InChI=1S/C24H36N2O5/c1-7-11-18(22(28)26-31-15-17-12-9-8-10-13-17)19(14-16(2)3)21(27)25-20(23(29)30)24(4,5)6/h8-10,12-13,16,20H,7,11,14-15H2,1-6H3,(H,25,27)(H,26,28)(H,29,30)/t20-/m1/s1. The number of carbonyl (C=O) groups is 3. The van der Waals surface area contributed by atoms with Crippen LogP contribution in [0.3, 0.4) is 0 Å². The summed E-state index contributed by atoms with van der Waals surface area (Å²) in [6, 6.07) is 8.33. The number of amides is 2. The van der Waals surface area contributed by atoms with Gasteiger partial charge in [0.1, 0.15) is 6.04 Å². The van der Waals surface area contributed by atoms with Gasteiger partial charge in [-0.1, -0.05) is 78.3 Å². The Balaban J connectivity index is 3.12. The predicted octanol–water partition coefficient (Wildman–Crippen LogP) is 3.99. The first-order valence-electron chi connectivity index (χ1n) is 10.7. The number of hydrogen-bond donors (Lipinski definition) is 3. The molecule has 0 aliphatic heterocycles. The van der Waals surface area contributed by atoms with Gasteiger partial charge in [0.05, 0.1) is 6.61 Å². The minimum absolute atomic E-state index is 0.101. The van der Waals surface area contributed by atoms with Crippen LogP contribution in [-0.4, -0.2) is 28.9 Å². The minimum Gasteiger partial charge on any atom is -0.480 e. The lowest BCUT2D eigenvalue weighted by Crippen LogP contribution is -2.50. The number of aliphatic carboxylic acids is 1. The molecule has 0 unspecified atom stereocenters. The van der Waals surface area contributed by atoms with Gasteiger partial charge in [0.2, 0.25) is 5.91 Å². The molecule has 1 rings (SSSR count). The Morgan fingerprint density at radius 1 is 1.03 bits per heavy atom. The van der Waals surface area contributed by atoms with E-state index in [0.29, 0.717) is 30.4 Å². The maximum Gasteiger partial charge on any atom is 0.326 e. The molecule has 0 fully saturated rings. The number of carbonyl (C=O) groups excluding carboxylic acids is 2. The Morgan fingerprint density at radius 3 is 2.13 bits per heavy atom. The molecule has 172 valence electrons. The second-order valence-electron chi connectivity index (χ2n) is 9.12. The topological polar surface area (TPSA) is 105 Å². The van der Waals surface area contributed by atoms with Crippen LogP contribution < -0.4 is 10.8 Å². The highest BCUT2D eigenvalue weighted by Gasteiger charge is 2.34. The van der Waals surface area contributed by atoms with Crippen molar-refractivity contribution < 1.29 is 24.3 Å². The van der Waals surface area contributed by atoms with Crippen molar-refractivity contribution in [3.05, 3.63) is 47.0 Å². The number of nitrogens with one attached hydrogen (secondary N) is 2. The zero-order chi connectivity index (χ0) is 23.6. The van der Waals surface area contributed by atoms with Crippen LogP contribution in [0.4, 0.5) is 0 Å². The van der Waals surface area contributed by atoms with Gasteiger partial charge in [-0.2, -0.15) is 0 Å². The van der Waals surface area contributed by atoms with Crippen molar-refractivity contribution in [3.8, 4) is 0 Å². The van der Waals surface area contributed by atoms with Crippen LogP contribution in [0.1, 0.15) is 66.4 Å². The third-order valence-electron chi connectivity index (χ3n) is 4.66. The summed E-state index contributed by atoms with van der Waals surface area (Å²) in [5, 5.41) is 12.2. The first-order valence-corrected chi connectivity index (χ1v) is 10.7. The van der Waals surface area contributed by atoms with Crippen LogP contribution in [0.25, 0.3) is 0 Å². The van der Waals surface area contributed by atoms with E-state index in [1.54, 1.807) is 20.8 Å². The van der Waals surface area contributed by atoms with E-state index < -0.39 is 29.2 Å². The molecule has 7 nitrogen and oxygen atoms in total. The lowest BCUT2D eigenvalue weighted by molar-refractivity contribution is -0.144. The Hall–Kier alpha value is -2.67. The Kier molecular flexibility index (Phi) is 10.4. The van der Waals surface area contributed by atoms with Gasteiger partial charge in [-0.3, -0.25) is 14.4 Å². The molecular weight excluding hydrogens is 396 g/mol. The third kappa shape index (κ3) is 8.92. The average molecular weight is 433 g/mol. The zero-order valence-corrected chi connectivity index (χ0v) is 19.5. The molecule has 1 aromatic carbocycles. The van der Waals surface area contributed by atoms with Gasteiger partial charge in [0.15, 0.2) is 0 Å². The number of benzene rings is 1. The van der Waals surface area contributed by atoms with E-state index in [0.717, 1.165) is 5.56 Å². The van der Waals surface area contributed by atoms with Gasteiger partial charge in [-0.25, -0.2) is 10.3 Å². The molecule has 0 aromatic heterocycles. The van der Waals surface area contributed by atoms with Crippen molar-refractivity contribution in [3.63, 3.8) is 0 Å². The molecule has 0 radical (unpaired) electrons. The molecule has 7 heteroatoms. The highest BCUT2D eigenvalue weighted by atomic mass is 16.6. The summed E-state index contributed by atoms with van der Waals surface area (Å²) in [6.45, 7) is 11.2. The normalized spacial score (nSPS) is 13.4. The molecule has 3 N–H and O–H groups in total. The smallest absolute Gasteiger partial charge is 0.326 e. The molecule has 1 aromatic rings. The molecule has 31 heavy (non-hydrogen) atoms. The molecule has 0 bridgehead atoms. The summed E-state index contributed by atoms with van der Waals surface area (Å²) in [5.41, 5.74) is 3.27. The zero-order valence-electron chi connectivity index (χ0n) is 19.5. The van der Waals surface area contributed by atoms with E-state index in [1.165, 1.54) is 0 Å². The maximum atomic E-state index is 13.1. The van der Waals surface area contributed by atoms with Crippen LogP contribution in [0.2, 0.25) is 0 Å². The second kappa shape index (κ2) is 12.2. The largest absolute Gasteiger partial charge is 0.480 e. The summed E-state index contributed by atoms with van der Waals surface area (Å²) in [6.07, 6.45) is 1.38. The van der Waals surface area contributed by atoms with Crippen molar-refractivity contribution in [2.24, 2.45) is 11.3 Å². The summed E-state index contributed by atoms with van der Waals surface area (Å²) in [4.78, 5) is 43.0. The summed E-state index contributed by atoms with van der Waals surface area (Å²) in [5.74, 6) is -2.02. The lowest BCUT2D eigenvalue weighted by atomic mass is 9.86. The van der Waals surface area contributed by atoms with Crippen molar-refractivity contribution in [2.45, 2.75) is 73.5 Å². The van der Waals surface area contributed by atoms with Crippen molar-refractivity contribution >= 4 is 17.8 Å². The molecule has 0 spiro atoms. The van der Waals surface area contributed by atoms with Crippen LogP contribution in [-0.2, 0) is 25.8 Å². The van der Waals surface area contributed by atoms with Crippen molar-refractivity contribution in [1.29, 1.82) is 0 Å². The second-order valence-corrected chi connectivity index (χ2v) is 9.12. The minimum atomic E-state index is -1.11. The van der Waals surface area contributed by atoms with E-state index in [1.807, 2.05) is 51.1 Å². The molecule has 2 amide bonds. The first-order chi connectivity index (χ1) is 14.5. The maximum absolute atomic E-state index is 13.1. The molecule has 0 heterocycles. The summed E-state index contributed by atoms with van der Waals surface area (Å²) < 4.78 is 0. The van der Waals surface area contributed by atoms with E-state index in [4.69, 9.17) is 4.84 Å². The number of rotatable bonds is 11. The van der Waals surface area contributed by atoms with Crippen molar-refractivity contribution in [2.75, 3.05) is 0 Å². The third-order valence-corrected chi connectivity index (χ3v) is 4.66. The fourth-order valence-corrected chi connectivity index (χ4v) is 3.10. The summed E-state index contributed by atoms with van der Waals surface area (Å²) in [7, 11) is 0. The van der Waals surface area contributed by atoms with Crippen LogP contribution in [0, 0.1) is 11.3 Å². The van der Waals surface area contributed by atoms with E-state index in [-0.39, 0.29) is 12.5 Å². The van der Waals surface area contributed by atoms with Gasteiger partial charge < -0.3 is 10.4 Å². The van der Waals surface area contributed by atoms with Gasteiger partial charge in [-0.05, 0) is 29.7 Å². The summed E-state index contributed by atoms with van der Waals surface area (Å²) >= 11 is 0. The van der Waals surface area contributed by atoms with E-state index >= 15 is 0 Å². The fourth-order valence-electron chi connectivity index (χ4n) is 3.10. The number of carboxylic acid groups (broad SMARTS) is 1. The monoisotopic (exact) mass is 432 g/mol. The number of carboxylic acids is 1. The van der Waals surface area contributed by atoms with Crippen LogP contribution >= 0.6 is 0 Å². The van der Waals surface area contributed by atoms with E-state index in [9.17, 15) is 19.5 Å². The van der Waals surface area contributed by atoms with Crippen LogP contribution in [0.15, 0.2) is 41.5 Å². The van der Waals surface area contributed by atoms with Gasteiger partial charge >= 0.3 is 5.97 Å². The number of hydroxylamine groups is 1. The molecule has 0 aliphatic rings. The Labute approximate surface area is 185 Å². The average Bonchev–Trinajstić information content (AvgIpc) is 2.68. The Morgan fingerprint density at radius 2 is 1.65 bits per heavy atom. The molecule has 1 atom stereocenters. The van der Waals surface area contributed by atoms with E-state index in [2.05, 4.69) is 10.8 Å². The SMILES string of the molecule is CCCC(C(=O)NOCc1ccccc1)=C(CC(C)C)C(=O)N[C@H](C(=O)O)C(C)(C)C. The molecule has 0 aliphatic carbocycles. The molecule has 0 saturated carbocycles. The van der Waals surface area contributed by atoms with Crippen LogP contribution in [0.5, 0.6) is 0 Å². The first kappa shape index (κ1) is 26.4.